The van der Waals surface area contributed by atoms with E-state index in [1.165, 1.54) is 20.8 Å². The predicted octanol–water partition coefficient (Wildman–Crippen LogP) is 6.97. The lowest BCUT2D eigenvalue weighted by Crippen LogP contribution is -2.66. The SMILES string of the molecule is CCS[C@H]1O[C@H](COCc2ccccc2)[C@@H](O[C@H]2O[C@H](COC(C)=O)[C@@H](OC(C)=O)[C@H](OC(C)=O)[C@H]2OCc2ccccc2)[C@H](OCc2ccccc2)[C@@H]1OCc1ccccc1. The molecular weight excluding hydrogens is 817 g/mol. The van der Waals surface area contributed by atoms with Crippen LogP contribution in [-0.4, -0.2) is 97.4 Å². The molecule has 0 bridgehead atoms. The van der Waals surface area contributed by atoms with Gasteiger partial charge >= 0.3 is 17.9 Å². The first kappa shape index (κ1) is 46.9. The highest BCUT2D eigenvalue weighted by Crippen LogP contribution is 2.38. The molecule has 14 heteroatoms. The van der Waals surface area contributed by atoms with Gasteiger partial charge in [0, 0.05) is 20.8 Å². The fourth-order valence-electron chi connectivity index (χ4n) is 7.32. The summed E-state index contributed by atoms with van der Waals surface area (Å²) in [5.41, 5.74) is 3.16. The fraction of sp³-hybridized carbons (Fsp3) is 0.438. The Labute approximate surface area is 367 Å². The maximum atomic E-state index is 12.9. The zero-order valence-electron chi connectivity index (χ0n) is 35.5. The molecule has 0 spiro atoms. The average molecular weight is 873 g/mol. The van der Waals surface area contributed by atoms with Gasteiger partial charge in [-0.25, -0.2) is 0 Å². The van der Waals surface area contributed by atoms with E-state index >= 15 is 0 Å². The van der Waals surface area contributed by atoms with Crippen LogP contribution < -0.4 is 0 Å². The summed E-state index contributed by atoms with van der Waals surface area (Å²) in [6, 6.07) is 38.8. The van der Waals surface area contributed by atoms with Gasteiger partial charge in [-0.15, -0.1) is 11.8 Å². The van der Waals surface area contributed by atoms with Crippen molar-refractivity contribution in [1.29, 1.82) is 0 Å². The number of ether oxygens (including phenoxy) is 10. The molecule has 10 atom stereocenters. The summed E-state index contributed by atoms with van der Waals surface area (Å²) in [4.78, 5) is 37.6. The first-order valence-electron chi connectivity index (χ1n) is 20.8. The van der Waals surface area contributed by atoms with Crippen molar-refractivity contribution < 1.29 is 61.8 Å². The molecule has 0 amide bonds. The first-order chi connectivity index (χ1) is 30.2. The van der Waals surface area contributed by atoms with Crippen molar-refractivity contribution in [3.63, 3.8) is 0 Å². The van der Waals surface area contributed by atoms with Gasteiger partial charge in [0.25, 0.3) is 0 Å². The van der Waals surface area contributed by atoms with Gasteiger partial charge in [-0.05, 0) is 28.0 Å². The summed E-state index contributed by atoms with van der Waals surface area (Å²) in [6.45, 7) is 6.31. The molecule has 0 aliphatic carbocycles. The van der Waals surface area contributed by atoms with Crippen LogP contribution in [0.5, 0.6) is 0 Å². The molecule has 2 aliphatic heterocycles. The van der Waals surface area contributed by atoms with Crippen LogP contribution in [0.25, 0.3) is 0 Å². The van der Waals surface area contributed by atoms with Crippen molar-refractivity contribution >= 4 is 29.7 Å². The minimum atomic E-state index is -1.34. The van der Waals surface area contributed by atoms with Gasteiger partial charge < -0.3 is 47.4 Å². The minimum absolute atomic E-state index is 0.0463. The monoisotopic (exact) mass is 872 g/mol. The van der Waals surface area contributed by atoms with E-state index in [9.17, 15) is 14.4 Å². The van der Waals surface area contributed by atoms with Crippen LogP contribution in [0.2, 0.25) is 0 Å². The Hall–Kier alpha value is -4.64. The van der Waals surface area contributed by atoms with Gasteiger partial charge in [0.05, 0.1) is 33.0 Å². The van der Waals surface area contributed by atoms with Crippen molar-refractivity contribution in [3.05, 3.63) is 144 Å². The number of esters is 3. The van der Waals surface area contributed by atoms with E-state index in [0.717, 1.165) is 22.3 Å². The molecule has 4 aromatic rings. The molecule has 6 rings (SSSR count). The molecule has 2 heterocycles. The van der Waals surface area contributed by atoms with Crippen LogP contribution in [0.4, 0.5) is 0 Å². The van der Waals surface area contributed by atoms with Crippen LogP contribution in [0.3, 0.4) is 0 Å². The first-order valence-corrected chi connectivity index (χ1v) is 21.9. The van der Waals surface area contributed by atoms with Crippen molar-refractivity contribution in [1.82, 2.24) is 0 Å². The van der Waals surface area contributed by atoms with Gasteiger partial charge in [0.1, 0.15) is 48.7 Å². The zero-order valence-corrected chi connectivity index (χ0v) is 36.3. The lowest BCUT2D eigenvalue weighted by atomic mass is 9.96. The summed E-state index contributed by atoms with van der Waals surface area (Å²) < 4.78 is 64.5. The zero-order chi connectivity index (χ0) is 43.7. The minimum Gasteiger partial charge on any atom is -0.463 e. The highest BCUT2D eigenvalue weighted by Gasteiger charge is 2.55. The molecule has 0 radical (unpaired) electrons. The molecule has 2 fully saturated rings. The number of carbonyl (C=O) groups is 3. The summed E-state index contributed by atoms with van der Waals surface area (Å²) in [5, 5.41) is 0. The number of rotatable bonds is 21. The molecule has 332 valence electrons. The Bertz CT molecular complexity index is 1940. The van der Waals surface area contributed by atoms with E-state index in [1.54, 1.807) is 11.8 Å². The number of hydrogen-bond acceptors (Lipinski definition) is 14. The number of hydrogen-bond donors (Lipinski definition) is 0. The molecule has 0 saturated carbocycles. The van der Waals surface area contributed by atoms with Crippen molar-refractivity contribution in [2.45, 2.75) is 115 Å². The quantitative estimate of drug-likeness (QED) is 0.0628. The van der Waals surface area contributed by atoms with Crippen LogP contribution in [0.1, 0.15) is 49.9 Å². The second-order valence-corrected chi connectivity index (χ2v) is 16.3. The topological polar surface area (TPSA) is 144 Å². The van der Waals surface area contributed by atoms with E-state index in [4.69, 9.17) is 47.4 Å². The largest absolute Gasteiger partial charge is 0.463 e. The predicted molar refractivity (Wildman–Crippen MR) is 229 cm³/mol. The number of thioether (sulfide) groups is 1. The second-order valence-electron chi connectivity index (χ2n) is 14.9. The average Bonchev–Trinajstić information content (AvgIpc) is 3.27. The van der Waals surface area contributed by atoms with Gasteiger partial charge in [0.15, 0.2) is 18.5 Å². The van der Waals surface area contributed by atoms with E-state index in [0.29, 0.717) is 12.4 Å². The normalized spacial score (nSPS) is 26.0. The molecule has 62 heavy (non-hydrogen) atoms. The Morgan fingerprint density at radius 2 is 0.952 bits per heavy atom. The lowest BCUT2D eigenvalue weighted by molar-refractivity contribution is -0.351. The molecule has 2 saturated heterocycles. The second kappa shape index (κ2) is 24.3. The highest BCUT2D eigenvalue weighted by atomic mass is 32.2. The van der Waals surface area contributed by atoms with Gasteiger partial charge in [-0.3, -0.25) is 14.4 Å². The summed E-state index contributed by atoms with van der Waals surface area (Å²) in [7, 11) is 0. The highest BCUT2D eigenvalue weighted by molar-refractivity contribution is 7.99. The molecule has 0 unspecified atom stereocenters. The molecule has 2 aliphatic rings. The van der Waals surface area contributed by atoms with E-state index in [2.05, 4.69) is 0 Å². The van der Waals surface area contributed by atoms with Crippen LogP contribution >= 0.6 is 11.8 Å². The number of carbonyl (C=O) groups excluding carboxylic acids is 3. The smallest absolute Gasteiger partial charge is 0.303 e. The molecule has 4 aromatic carbocycles. The summed E-state index contributed by atoms with van der Waals surface area (Å²) in [5.74, 6) is -1.22. The van der Waals surface area contributed by atoms with E-state index < -0.39 is 78.5 Å². The van der Waals surface area contributed by atoms with Crippen LogP contribution in [-0.2, 0) is 88.2 Å². The molecule has 0 aromatic heterocycles. The molecule has 0 N–H and O–H groups in total. The summed E-state index contributed by atoms with van der Waals surface area (Å²) >= 11 is 1.58. The maximum Gasteiger partial charge on any atom is 0.303 e. The fourth-order valence-corrected chi connectivity index (χ4v) is 8.29. The lowest BCUT2D eigenvalue weighted by Gasteiger charge is -2.49. The third-order valence-electron chi connectivity index (χ3n) is 10.1. The van der Waals surface area contributed by atoms with E-state index in [1.807, 2.05) is 128 Å². The standard InChI is InChI=1S/C48H56O13S/c1-5-62-48-46(56-29-38-24-16-9-17-25-38)43(54-27-36-20-12-7-13-21-36)41(39(60-48)30-52-26-35-18-10-6-11-19-35)61-47-45(55-28-37-22-14-8-15-23-37)44(58-34(4)51)42(57-33(3)50)40(59-47)31-53-32(2)49/h6-25,39-48H,5,26-31H2,1-4H3/t39-,40-,41-,42-,43+,44+,45-,46+,47-,48-/m1/s1. The van der Waals surface area contributed by atoms with Crippen LogP contribution in [0.15, 0.2) is 121 Å². The van der Waals surface area contributed by atoms with Gasteiger partial charge in [0.2, 0.25) is 0 Å². The van der Waals surface area contributed by atoms with Crippen molar-refractivity contribution in [3.8, 4) is 0 Å². The summed E-state index contributed by atoms with van der Waals surface area (Å²) in [6.07, 6.45) is -9.40. The maximum absolute atomic E-state index is 12.9. The third-order valence-corrected chi connectivity index (χ3v) is 11.2. The van der Waals surface area contributed by atoms with Gasteiger partial charge in [-0.2, -0.15) is 0 Å². The Kier molecular flexibility index (Phi) is 18.3. The van der Waals surface area contributed by atoms with Gasteiger partial charge in [-0.1, -0.05) is 128 Å². The van der Waals surface area contributed by atoms with Crippen molar-refractivity contribution in [2.24, 2.45) is 0 Å². The van der Waals surface area contributed by atoms with Crippen LogP contribution in [0, 0.1) is 0 Å². The number of benzene rings is 4. The molecular formula is C48H56O13S. The third kappa shape index (κ3) is 13.9. The Balaban J connectivity index is 1.42. The Morgan fingerprint density at radius 3 is 1.44 bits per heavy atom. The van der Waals surface area contributed by atoms with E-state index in [-0.39, 0.29) is 33.0 Å². The Morgan fingerprint density at radius 1 is 0.500 bits per heavy atom. The molecule has 13 nitrogen and oxygen atoms in total. The van der Waals surface area contributed by atoms with Crippen molar-refractivity contribution in [2.75, 3.05) is 19.0 Å².